The van der Waals surface area contributed by atoms with Gasteiger partial charge in [-0.05, 0) is 24.1 Å². The van der Waals surface area contributed by atoms with E-state index in [2.05, 4.69) is 12.2 Å². The highest BCUT2D eigenvalue weighted by molar-refractivity contribution is 5.90. The molecule has 4 nitrogen and oxygen atoms in total. The third kappa shape index (κ3) is 5.80. The molecule has 0 aliphatic rings. The van der Waals surface area contributed by atoms with Crippen molar-refractivity contribution < 1.29 is 9.53 Å². The fourth-order valence-corrected chi connectivity index (χ4v) is 1.51. The zero-order valence-corrected chi connectivity index (χ0v) is 10.9. The van der Waals surface area contributed by atoms with E-state index in [0.717, 1.165) is 30.7 Å². The van der Waals surface area contributed by atoms with Crippen molar-refractivity contribution in [3.63, 3.8) is 0 Å². The molecular weight excluding hydrogens is 228 g/mol. The zero-order valence-electron chi connectivity index (χ0n) is 10.9. The molecule has 0 heterocycles. The normalized spacial score (nSPS) is 10.3. The van der Waals surface area contributed by atoms with Crippen molar-refractivity contribution in [2.45, 2.75) is 32.7 Å². The summed E-state index contributed by atoms with van der Waals surface area (Å²) >= 11 is 0. The molecule has 18 heavy (non-hydrogen) atoms. The van der Waals surface area contributed by atoms with Gasteiger partial charge in [-0.15, -0.1) is 0 Å². The lowest BCUT2D eigenvalue weighted by molar-refractivity contribution is -0.117. The number of nitrogens with two attached hydrogens (primary N) is 1. The maximum absolute atomic E-state index is 11.6. The molecule has 3 N–H and O–H groups in total. The minimum Gasteiger partial charge on any atom is -0.381 e. The summed E-state index contributed by atoms with van der Waals surface area (Å²) in [6.45, 7) is 3.79. The molecule has 0 atom stereocenters. The highest BCUT2D eigenvalue weighted by atomic mass is 16.5. The molecule has 0 radical (unpaired) electrons. The molecule has 1 amide bonds. The van der Waals surface area contributed by atoms with Crippen molar-refractivity contribution in [2.24, 2.45) is 5.73 Å². The van der Waals surface area contributed by atoms with Crippen molar-refractivity contribution in [1.29, 1.82) is 0 Å². The van der Waals surface area contributed by atoms with Crippen LogP contribution in [-0.2, 0) is 16.1 Å². The standard InChI is InChI=1S/C14H22N2O2/c1-2-3-8-18-9-7-14(17)16-13-6-4-5-12(10-13)11-15/h4-6,10H,2-3,7-9,11,15H2,1H3,(H,16,17). The summed E-state index contributed by atoms with van der Waals surface area (Å²) in [7, 11) is 0. The van der Waals surface area contributed by atoms with Crippen LogP contribution < -0.4 is 11.1 Å². The summed E-state index contributed by atoms with van der Waals surface area (Å²) in [5, 5.41) is 2.83. The van der Waals surface area contributed by atoms with Crippen LogP contribution in [0.4, 0.5) is 5.69 Å². The van der Waals surface area contributed by atoms with Gasteiger partial charge in [0.1, 0.15) is 0 Å². The van der Waals surface area contributed by atoms with Crippen LogP contribution in [0.5, 0.6) is 0 Å². The predicted molar refractivity (Wildman–Crippen MR) is 73.3 cm³/mol. The monoisotopic (exact) mass is 250 g/mol. The van der Waals surface area contributed by atoms with Gasteiger partial charge < -0.3 is 15.8 Å². The van der Waals surface area contributed by atoms with Crippen molar-refractivity contribution >= 4 is 11.6 Å². The van der Waals surface area contributed by atoms with Gasteiger partial charge in [-0.25, -0.2) is 0 Å². The lowest BCUT2D eigenvalue weighted by Gasteiger charge is -2.07. The number of anilines is 1. The fourth-order valence-electron chi connectivity index (χ4n) is 1.51. The van der Waals surface area contributed by atoms with Crippen LogP contribution in [0.2, 0.25) is 0 Å². The minimum atomic E-state index is -0.0272. The Balaban J connectivity index is 2.26. The first-order valence-electron chi connectivity index (χ1n) is 6.43. The molecule has 0 aliphatic carbocycles. The van der Waals surface area contributed by atoms with Crippen LogP contribution in [0.3, 0.4) is 0 Å². The van der Waals surface area contributed by atoms with E-state index in [4.69, 9.17) is 10.5 Å². The molecular formula is C14H22N2O2. The number of hydrogen-bond donors (Lipinski definition) is 2. The Morgan fingerprint density at radius 2 is 2.22 bits per heavy atom. The van der Waals surface area contributed by atoms with Crippen LogP contribution in [0.15, 0.2) is 24.3 Å². The molecule has 0 aromatic heterocycles. The summed E-state index contributed by atoms with van der Waals surface area (Å²) in [5.41, 5.74) is 7.34. The van der Waals surface area contributed by atoms with Gasteiger partial charge in [0, 0.05) is 18.8 Å². The van der Waals surface area contributed by atoms with Crippen molar-refractivity contribution in [1.82, 2.24) is 0 Å². The van der Waals surface area contributed by atoms with Gasteiger partial charge in [-0.2, -0.15) is 0 Å². The second kappa shape index (κ2) is 8.66. The number of hydrogen-bond acceptors (Lipinski definition) is 3. The largest absolute Gasteiger partial charge is 0.381 e. The Morgan fingerprint density at radius 1 is 1.39 bits per heavy atom. The Hall–Kier alpha value is -1.39. The smallest absolute Gasteiger partial charge is 0.226 e. The topological polar surface area (TPSA) is 64.3 Å². The number of ether oxygens (including phenoxy) is 1. The summed E-state index contributed by atoms with van der Waals surface area (Å²) in [5.74, 6) is -0.0272. The van der Waals surface area contributed by atoms with E-state index in [1.165, 1.54) is 0 Å². The second-order valence-corrected chi connectivity index (χ2v) is 4.17. The average Bonchev–Trinajstić information content (AvgIpc) is 2.38. The zero-order chi connectivity index (χ0) is 13.2. The van der Waals surface area contributed by atoms with Crippen LogP contribution in [0, 0.1) is 0 Å². The van der Waals surface area contributed by atoms with Crippen LogP contribution in [-0.4, -0.2) is 19.1 Å². The molecule has 0 aliphatic heterocycles. The predicted octanol–water partition coefficient (Wildman–Crippen LogP) is 2.29. The van der Waals surface area contributed by atoms with E-state index in [0.29, 0.717) is 19.6 Å². The quantitative estimate of drug-likeness (QED) is 0.696. The highest BCUT2D eigenvalue weighted by Crippen LogP contribution is 2.10. The maximum Gasteiger partial charge on any atom is 0.226 e. The molecule has 100 valence electrons. The number of carbonyl (C=O) groups excluding carboxylic acids is 1. The van der Waals surface area contributed by atoms with Gasteiger partial charge >= 0.3 is 0 Å². The summed E-state index contributed by atoms with van der Waals surface area (Å²) < 4.78 is 5.35. The van der Waals surface area contributed by atoms with Crippen molar-refractivity contribution in [2.75, 3.05) is 18.5 Å². The number of benzene rings is 1. The Bertz CT molecular complexity index is 367. The fraction of sp³-hybridized carbons (Fsp3) is 0.500. The molecule has 4 heteroatoms. The Kier molecular flexibility index (Phi) is 7.06. The van der Waals surface area contributed by atoms with E-state index in [1.807, 2.05) is 24.3 Å². The Morgan fingerprint density at radius 3 is 2.94 bits per heavy atom. The first-order valence-corrected chi connectivity index (χ1v) is 6.43. The van der Waals surface area contributed by atoms with Gasteiger partial charge in [-0.1, -0.05) is 25.5 Å². The van der Waals surface area contributed by atoms with Crippen molar-refractivity contribution in [3.05, 3.63) is 29.8 Å². The number of amides is 1. The van der Waals surface area contributed by atoms with Crippen LogP contribution in [0.25, 0.3) is 0 Å². The summed E-state index contributed by atoms with van der Waals surface area (Å²) in [6, 6.07) is 7.56. The van der Waals surface area contributed by atoms with Crippen molar-refractivity contribution in [3.8, 4) is 0 Å². The molecule has 1 rings (SSSR count). The highest BCUT2D eigenvalue weighted by Gasteiger charge is 2.02. The summed E-state index contributed by atoms with van der Waals surface area (Å²) in [4.78, 5) is 11.6. The number of carbonyl (C=O) groups is 1. The molecule has 0 fully saturated rings. The second-order valence-electron chi connectivity index (χ2n) is 4.17. The van der Waals surface area contributed by atoms with E-state index >= 15 is 0 Å². The third-order valence-corrected chi connectivity index (χ3v) is 2.56. The molecule has 0 saturated heterocycles. The van der Waals surface area contributed by atoms with Gasteiger partial charge in [0.05, 0.1) is 13.0 Å². The lowest BCUT2D eigenvalue weighted by atomic mass is 10.2. The number of unbranched alkanes of at least 4 members (excludes halogenated alkanes) is 1. The lowest BCUT2D eigenvalue weighted by Crippen LogP contribution is -2.14. The molecule has 1 aromatic carbocycles. The number of nitrogens with one attached hydrogen (secondary N) is 1. The Labute approximate surface area is 109 Å². The minimum absolute atomic E-state index is 0.0272. The van der Waals surface area contributed by atoms with Gasteiger partial charge in [0.25, 0.3) is 0 Å². The first-order chi connectivity index (χ1) is 8.76. The van der Waals surface area contributed by atoms with E-state index in [-0.39, 0.29) is 5.91 Å². The molecule has 1 aromatic rings. The van der Waals surface area contributed by atoms with Crippen LogP contribution >= 0.6 is 0 Å². The molecule has 0 bridgehead atoms. The average molecular weight is 250 g/mol. The van der Waals surface area contributed by atoms with Gasteiger partial charge in [0.2, 0.25) is 5.91 Å². The van der Waals surface area contributed by atoms with Gasteiger partial charge in [-0.3, -0.25) is 4.79 Å². The SMILES string of the molecule is CCCCOCCC(=O)Nc1cccc(CN)c1. The first kappa shape index (κ1) is 14.7. The van der Waals surface area contributed by atoms with E-state index in [9.17, 15) is 4.79 Å². The third-order valence-electron chi connectivity index (χ3n) is 2.56. The molecule has 0 unspecified atom stereocenters. The maximum atomic E-state index is 11.6. The van der Waals surface area contributed by atoms with Gasteiger partial charge in [0.15, 0.2) is 0 Å². The summed E-state index contributed by atoms with van der Waals surface area (Å²) in [6.07, 6.45) is 2.54. The van der Waals surface area contributed by atoms with Crippen LogP contribution in [0.1, 0.15) is 31.7 Å². The van der Waals surface area contributed by atoms with E-state index < -0.39 is 0 Å². The molecule has 0 saturated carbocycles. The number of rotatable bonds is 8. The van der Waals surface area contributed by atoms with E-state index in [1.54, 1.807) is 0 Å². The molecule has 0 spiro atoms.